The molecule has 1 aliphatic carbocycles. The van der Waals surface area contributed by atoms with Gasteiger partial charge in [-0.2, -0.15) is 0 Å². The molecule has 0 saturated heterocycles. The molecule has 0 bridgehead atoms. The zero-order chi connectivity index (χ0) is 9.19. The largest absolute Gasteiger partial charge is 0.328 e. The fourth-order valence-electron chi connectivity index (χ4n) is 2.46. The molecule has 2 unspecified atom stereocenters. The van der Waals surface area contributed by atoms with Gasteiger partial charge in [0.1, 0.15) is 5.67 Å². The first-order valence-corrected chi connectivity index (χ1v) is 5.07. The maximum atomic E-state index is 14.1. The Morgan fingerprint density at radius 1 is 1.50 bits per heavy atom. The lowest BCUT2D eigenvalue weighted by atomic mass is 9.83. The summed E-state index contributed by atoms with van der Waals surface area (Å²) in [5.41, 5.74) is 4.78. The second-order valence-corrected chi connectivity index (χ2v) is 4.05. The zero-order valence-corrected chi connectivity index (χ0v) is 8.15. The minimum absolute atomic E-state index is 0.107. The van der Waals surface area contributed by atoms with Gasteiger partial charge in [-0.3, -0.25) is 0 Å². The van der Waals surface area contributed by atoms with Crippen LogP contribution >= 0.6 is 0 Å². The number of hydrogen-bond donors (Lipinski definition) is 1. The van der Waals surface area contributed by atoms with Crippen LogP contribution in [0.25, 0.3) is 0 Å². The number of halogens is 1. The Bertz CT molecular complexity index is 145. The van der Waals surface area contributed by atoms with E-state index in [0.29, 0.717) is 12.8 Å². The number of alkyl halides is 1. The van der Waals surface area contributed by atoms with Crippen molar-refractivity contribution in [3.63, 3.8) is 0 Å². The summed E-state index contributed by atoms with van der Waals surface area (Å²) in [6, 6.07) is 0.107. The van der Waals surface area contributed by atoms with E-state index in [2.05, 4.69) is 13.8 Å². The van der Waals surface area contributed by atoms with Crippen LogP contribution in [0.3, 0.4) is 0 Å². The van der Waals surface area contributed by atoms with Crippen molar-refractivity contribution >= 4 is 0 Å². The lowest BCUT2D eigenvalue weighted by molar-refractivity contribution is 0.0809. The summed E-state index contributed by atoms with van der Waals surface area (Å²) in [6.07, 6.45) is 4.02. The quantitative estimate of drug-likeness (QED) is 0.697. The molecule has 2 N–H and O–H groups in total. The highest BCUT2D eigenvalue weighted by molar-refractivity contribution is 4.95. The minimum atomic E-state index is -0.942. The maximum Gasteiger partial charge on any atom is 0.115 e. The molecule has 0 aromatic rings. The van der Waals surface area contributed by atoms with E-state index in [1.165, 1.54) is 0 Å². The zero-order valence-electron chi connectivity index (χ0n) is 8.15. The minimum Gasteiger partial charge on any atom is -0.328 e. The summed E-state index contributed by atoms with van der Waals surface area (Å²) in [4.78, 5) is 0. The molecule has 0 aromatic heterocycles. The van der Waals surface area contributed by atoms with Gasteiger partial charge < -0.3 is 5.73 Å². The van der Waals surface area contributed by atoms with E-state index in [1.807, 2.05) is 0 Å². The van der Waals surface area contributed by atoms with E-state index in [9.17, 15) is 4.39 Å². The molecular formula is C10H20FN. The molecule has 1 rings (SSSR count). The second-order valence-electron chi connectivity index (χ2n) is 4.05. The molecule has 0 amide bonds. The van der Waals surface area contributed by atoms with Crippen LogP contribution in [-0.4, -0.2) is 11.7 Å². The van der Waals surface area contributed by atoms with Crippen LogP contribution in [0.1, 0.15) is 46.0 Å². The van der Waals surface area contributed by atoms with Crippen LogP contribution in [0.15, 0.2) is 0 Å². The molecule has 1 fully saturated rings. The van der Waals surface area contributed by atoms with E-state index in [4.69, 9.17) is 5.73 Å². The van der Waals surface area contributed by atoms with E-state index in [0.717, 1.165) is 19.3 Å². The summed E-state index contributed by atoms with van der Waals surface area (Å²) in [5.74, 6) is 0.228. The van der Waals surface area contributed by atoms with Crippen LogP contribution in [-0.2, 0) is 0 Å². The van der Waals surface area contributed by atoms with Crippen LogP contribution in [0, 0.1) is 5.92 Å². The van der Waals surface area contributed by atoms with Gasteiger partial charge in [0.2, 0.25) is 0 Å². The lowest BCUT2D eigenvalue weighted by Crippen LogP contribution is -2.31. The molecule has 1 aliphatic rings. The molecule has 0 spiro atoms. The van der Waals surface area contributed by atoms with Gasteiger partial charge >= 0.3 is 0 Å². The molecular weight excluding hydrogens is 153 g/mol. The number of hydrogen-bond acceptors (Lipinski definition) is 1. The van der Waals surface area contributed by atoms with Crippen LogP contribution in [0.2, 0.25) is 0 Å². The Morgan fingerprint density at radius 3 is 2.42 bits per heavy atom. The Balaban J connectivity index is 2.58. The second kappa shape index (κ2) is 3.73. The Morgan fingerprint density at radius 2 is 2.08 bits per heavy atom. The van der Waals surface area contributed by atoms with Crippen molar-refractivity contribution in [1.29, 1.82) is 0 Å². The van der Waals surface area contributed by atoms with Crippen molar-refractivity contribution in [3.05, 3.63) is 0 Å². The van der Waals surface area contributed by atoms with Crippen LogP contribution in [0.4, 0.5) is 4.39 Å². The molecule has 72 valence electrons. The SMILES string of the molecule is CCC(CC)C1(F)CCC(N)C1. The molecule has 0 heterocycles. The fourth-order valence-corrected chi connectivity index (χ4v) is 2.46. The van der Waals surface area contributed by atoms with Crippen LogP contribution < -0.4 is 5.73 Å². The monoisotopic (exact) mass is 173 g/mol. The average molecular weight is 173 g/mol. The summed E-state index contributed by atoms with van der Waals surface area (Å²) in [7, 11) is 0. The Hall–Kier alpha value is -0.110. The van der Waals surface area contributed by atoms with Gasteiger partial charge in [-0.05, 0) is 25.2 Å². The highest BCUT2D eigenvalue weighted by Crippen LogP contribution is 2.41. The number of rotatable bonds is 3. The third-order valence-corrected chi connectivity index (χ3v) is 3.25. The first kappa shape index (κ1) is 9.97. The van der Waals surface area contributed by atoms with Crippen molar-refractivity contribution in [1.82, 2.24) is 0 Å². The van der Waals surface area contributed by atoms with Gasteiger partial charge in [-0.15, -0.1) is 0 Å². The van der Waals surface area contributed by atoms with E-state index < -0.39 is 5.67 Å². The van der Waals surface area contributed by atoms with Crippen molar-refractivity contribution in [2.24, 2.45) is 11.7 Å². The average Bonchev–Trinajstić information content (AvgIpc) is 2.34. The predicted octanol–water partition coefficient (Wildman–Crippen LogP) is 2.64. The third-order valence-electron chi connectivity index (χ3n) is 3.25. The smallest absolute Gasteiger partial charge is 0.115 e. The summed E-state index contributed by atoms with van der Waals surface area (Å²) >= 11 is 0. The van der Waals surface area contributed by atoms with Gasteiger partial charge in [0.05, 0.1) is 0 Å². The molecule has 1 saturated carbocycles. The van der Waals surface area contributed by atoms with Crippen molar-refractivity contribution in [3.8, 4) is 0 Å². The Kier molecular flexibility index (Phi) is 3.10. The summed E-state index contributed by atoms with van der Waals surface area (Å²) < 4.78 is 14.1. The van der Waals surface area contributed by atoms with Gasteiger partial charge in [-0.1, -0.05) is 26.7 Å². The Labute approximate surface area is 74.5 Å². The molecule has 0 aliphatic heterocycles. The molecule has 2 atom stereocenters. The highest BCUT2D eigenvalue weighted by atomic mass is 19.1. The molecule has 12 heavy (non-hydrogen) atoms. The highest BCUT2D eigenvalue weighted by Gasteiger charge is 2.42. The predicted molar refractivity (Wildman–Crippen MR) is 49.7 cm³/mol. The molecule has 0 aromatic carbocycles. The van der Waals surface area contributed by atoms with Crippen molar-refractivity contribution in [2.45, 2.75) is 57.7 Å². The third kappa shape index (κ3) is 1.79. The first-order valence-electron chi connectivity index (χ1n) is 5.07. The van der Waals surface area contributed by atoms with E-state index in [-0.39, 0.29) is 12.0 Å². The first-order chi connectivity index (χ1) is 5.62. The van der Waals surface area contributed by atoms with Gasteiger partial charge in [0, 0.05) is 6.04 Å². The molecule has 1 nitrogen and oxygen atoms in total. The standard InChI is InChI=1S/C10H20FN/c1-3-8(4-2)10(11)6-5-9(12)7-10/h8-9H,3-7,12H2,1-2H3. The van der Waals surface area contributed by atoms with Crippen LogP contribution in [0.5, 0.6) is 0 Å². The summed E-state index contributed by atoms with van der Waals surface area (Å²) in [5, 5.41) is 0. The molecule has 0 radical (unpaired) electrons. The number of nitrogens with two attached hydrogens (primary N) is 1. The maximum absolute atomic E-state index is 14.1. The fraction of sp³-hybridized carbons (Fsp3) is 1.00. The van der Waals surface area contributed by atoms with Crippen molar-refractivity contribution in [2.75, 3.05) is 0 Å². The lowest BCUT2D eigenvalue weighted by Gasteiger charge is -2.28. The van der Waals surface area contributed by atoms with Gasteiger partial charge in [0.25, 0.3) is 0 Å². The van der Waals surface area contributed by atoms with Gasteiger partial charge in [-0.25, -0.2) is 4.39 Å². The summed E-state index contributed by atoms with van der Waals surface area (Å²) in [6.45, 7) is 4.14. The topological polar surface area (TPSA) is 26.0 Å². The molecule has 2 heteroatoms. The van der Waals surface area contributed by atoms with E-state index in [1.54, 1.807) is 0 Å². The normalized spacial score (nSPS) is 36.2. The van der Waals surface area contributed by atoms with E-state index >= 15 is 0 Å². The van der Waals surface area contributed by atoms with Crippen molar-refractivity contribution < 1.29 is 4.39 Å². The van der Waals surface area contributed by atoms with Gasteiger partial charge in [0.15, 0.2) is 0 Å².